The van der Waals surface area contributed by atoms with Crippen LogP contribution in [0.2, 0.25) is 0 Å². The third-order valence-corrected chi connectivity index (χ3v) is 3.08. The molecule has 2 atom stereocenters. The molecule has 0 bridgehead atoms. The van der Waals surface area contributed by atoms with E-state index in [1.54, 1.807) is 0 Å². The fourth-order valence-electron chi connectivity index (χ4n) is 1.91. The fourth-order valence-corrected chi connectivity index (χ4v) is 1.91. The lowest BCUT2D eigenvalue weighted by Gasteiger charge is -1.98. The Hall–Kier alpha value is -1.84. The molecule has 2 N–H and O–H groups in total. The second-order valence-corrected chi connectivity index (χ2v) is 4.41. The van der Waals surface area contributed by atoms with E-state index >= 15 is 0 Å². The maximum atomic E-state index is 11.7. The van der Waals surface area contributed by atoms with Gasteiger partial charge in [-0.25, -0.2) is 4.98 Å². The zero-order chi connectivity index (χ0) is 11.1. The minimum Gasteiger partial charge on any atom is -0.324 e. The number of rotatable bonds is 2. The minimum absolute atomic E-state index is 0.0755. The number of carbonyl (C=O) groups is 1. The molecule has 1 aromatic carbocycles. The van der Waals surface area contributed by atoms with E-state index in [0.717, 1.165) is 17.5 Å². The van der Waals surface area contributed by atoms with E-state index in [0.29, 0.717) is 11.9 Å². The van der Waals surface area contributed by atoms with Crippen LogP contribution in [0.5, 0.6) is 0 Å². The van der Waals surface area contributed by atoms with E-state index in [1.807, 2.05) is 24.3 Å². The van der Waals surface area contributed by atoms with Gasteiger partial charge in [-0.2, -0.15) is 0 Å². The van der Waals surface area contributed by atoms with E-state index in [2.05, 4.69) is 22.2 Å². The van der Waals surface area contributed by atoms with Crippen molar-refractivity contribution in [2.75, 3.05) is 5.32 Å². The molecule has 1 saturated carbocycles. The van der Waals surface area contributed by atoms with Gasteiger partial charge in [-0.1, -0.05) is 19.1 Å². The maximum Gasteiger partial charge on any atom is 0.230 e. The van der Waals surface area contributed by atoms with Crippen LogP contribution in [-0.4, -0.2) is 15.9 Å². The zero-order valence-corrected chi connectivity index (χ0v) is 9.03. The summed E-state index contributed by atoms with van der Waals surface area (Å²) in [5.41, 5.74) is 1.82. The fraction of sp³-hybridized carbons (Fsp3) is 0.333. The molecule has 1 aromatic heterocycles. The van der Waals surface area contributed by atoms with Crippen molar-refractivity contribution in [2.45, 2.75) is 13.3 Å². The average molecular weight is 215 g/mol. The van der Waals surface area contributed by atoms with E-state index in [9.17, 15) is 4.79 Å². The molecule has 1 amide bonds. The van der Waals surface area contributed by atoms with Gasteiger partial charge < -0.3 is 4.98 Å². The smallest absolute Gasteiger partial charge is 0.230 e. The third-order valence-electron chi connectivity index (χ3n) is 3.08. The molecule has 0 saturated heterocycles. The van der Waals surface area contributed by atoms with Gasteiger partial charge in [0.05, 0.1) is 11.0 Å². The number of hydrogen-bond acceptors (Lipinski definition) is 2. The molecule has 16 heavy (non-hydrogen) atoms. The predicted octanol–water partition coefficient (Wildman–Crippen LogP) is 2.16. The van der Waals surface area contributed by atoms with E-state index in [4.69, 9.17) is 0 Å². The van der Waals surface area contributed by atoms with Crippen LogP contribution in [0, 0.1) is 11.8 Å². The number of aromatic amines is 1. The second-order valence-electron chi connectivity index (χ2n) is 4.41. The Kier molecular flexibility index (Phi) is 1.96. The molecule has 0 spiro atoms. The molecule has 1 heterocycles. The quantitative estimate of drug-likeness (QED) is 0.806. The van der Waals surface area contributed by atoms with Gasteiger partial charge in [0.25, 0.3) is 0 Å². The summed E-state index contributed by atoms with van der Waals surface area (Å²) in [5.74, 6) is 1.31. The molecule has 1 aliphatic rings. The first-order valence-corrected chi connectivity index (χ1v) is 5.49. The number of aromatic nitrogens is 2. The van der Waals surface area contributed by atoms with Crippen molar-refractivity contribution < 1.29 is 4.79 Å². The van der Waals surface area contributed by atoms with Crippen molar-refractivity contribution in [3.05, 3.63) is 24.3 Å². The number of H-pyrrole nitrogens is 1. The highest BCUT2D eigenvalue weighted by Crippen LogP contribution is 2.38. The van der Waals surface area contributed by atoms with E-state index < -0.39 is 0 Å². The number of nitrogens with zero attached hydrogens (tertiary/aromatic N) is 1. The standard InChI is InChI=1S/C12H13N3O/c1-7-6-8(7)11(16)15-12-13-9-4-2-3-5-10(9)14-12/h2-5,7-8H,6H2,1H3,(H2,13,14,15,16). The molecule has 0 radical (unpaired) electrons. The summed E-state index contributed by atoms with van der Waals surface area (Å²) >= 11 is 0. The molecule has 0 aliphatic heterocycles. The minimum atomic E-state index is 0.0755. The topological polar surface area (TPSA) is 57.8 Å². The first kappa shape index (κ1) is 9.39. The number of para-hydroxylation sites is 2. The maximum absolute atomic E-state index is 11.7. The summed E-state index contributed by atoms with van der Waals surface area (Å²) in [4.78, 5) is 19.1. The molecule has 1 fully saturated rings. The lowest BCUT2D eigenvalue weighted by Crippen LogP contribution is -2.15. The number of carbonyl (C=O) groups excluding carboxylic acids is 1. The molecule has 2 aromatic rings. The Morgan fingerprint density at radius 2 is 2.25 bits per heavy atom. The molecule has 82 valence electrons. The largest absolute Gasteiger partial charge is 0.324 e. The van der Waals surface area contributed by atoms with Gasteiger partial charge in [0, 0.05) is 5.92 Å². The summed E-state index contributed by atoms with van der Waals surface area (Å²) in [6.45, 7) is 2.09. The lowest BCUT2D eigenvalue weighted by molar-refractivity contribution is -0.117. The Labute approximate surface area is 93.1 Å². The molecular formula is C12H13N3O. The normalized spacial score (nSPS) is 23.3. The van der Waals surface area contributed by atoms with Crippen LogP contribution in [0.1, 0.15) is 13.3 Å². The number of anilines is 1. The highest BCUT2D eigenvalue weighted by molar-refractivity contribution is 5.94. The van der Waals surface area contributed by atoms with Crippen LogP contribution >= 0.6 is 0 Å². The molecule has 2 unspecified atom stereocenters. The van der Waals surface area contributed by atoms with Gasteiger partial charge in [-0.15, -0.1) is 0 Å². The highest BCUT2D eigenvalue weighted by atomic mass is 16.2. The zero-order valence-electron chi connectivity index (χ0n) is 9.03. The summed E-state index contributed by atoms with van der Waals surface area (Å²) in [7, 11) is 0. The van der Waals surface area contributed by atoms with Gasteiger partial charge in [0.1, 0.15) is 0 Å². The number of hydrogen-bond donors (Lipinski definition) is 2. The Morgan fingerprint density at radius 1 is 1.50 bits per heavy atom. The van der Waals surface area contributed by atoms with Gasteiger partial charge in [0.15, 0.2) is 0 Å². The second kappa shape index (κ2) is 3.33. The first-order chi connectivity index (χ1) is 7.74. The van der Waals surface area contributed by atoms with Crippen molar-refractivity contribution in [3.63, 3.8) is 0 Å². The Morgan fingerprint density at radius 3 is 2.94 bits per heavy atom. The number of amides is 1. The van der Waals surface area contributed by atoms with Gasteiger partial charge in [0.2, 0.25) is 11.9 Å². The van der Waals surface area contributed by atoms with Crippen molar-refractivity contribution >= 4 is 22.9 Å². The Balaban J connectivity index is 1.81. The summed E-state index contributed by atoms with van der Waals surface area (Å²) in [6, 6.07) is 7.73. The number of imidazole rings is 1. The van der Waals surface area contributed by atoms with Crippen LogP contribution in [-0.2, 0) is 4.79 Å². The third kappa shape index (κ3) is 1.56. The van der Waals surface area contributed by atoms with Crippen molar-refractivity contribution in [1.82, 2.24) is 9.97 Å². The molecule has 3 rings (SSSR count). The van der Waals surface area contributed by atoms with Crippen molar-refractivity contribution in [1.29, 1.82) is 0 Å². The molecular weight excluding hydrogens is 202 g/mol. The van der Waals surface area contributed by atoms with Crippen molar-refractivity contribution in [3.8, 4) is 0 Å². The summed E-state index contributed by atoms with van der Waals surface area (Å²) < 4.78 is 0. The Bertz CT molecular complexity index is 513. The molecule has 1 aliphatic carbocycles. The molecule has 4 nitrogen and oxygen atoms in total. The van der Waals surface area contributed by atoms with E-state index in [-0.39, 0.29) is 11.8 Å². The van der Waals surface area contributed by atoms with Crippen LogP contribution in [0.3, 0.4) is 0 Å². The SMILES string of the molecule is CC1CC1C(=O)Nc1nc2ccccc2[nH]1. The number of nitrogens with one attached hydrogen (secondary N) is 2. The first-order valence-electron chi connectivity index (χ1n) is 5.49. The van der Waals surface area contributed by atoms with E-state index in [1.165, 1.54) is 0 Å². The van der Waals surface area contributed by atoms with Gasteiger partial charge >= 0.3 is 0 Å². The molecule has 4 heteroatoms. The predicted molar refractivity (Wildman–Crippen MR) is 62.0 cm³/mol. The monoisotopic (exact) mass is 215 g/mol. The van der Waals surface area contributed by atoms with Crippen LogP contribution in [0.15, 0.2) is 24.3 Å². The van der Waals surface area contributed by atoms with Gasteiger partial charge in [-0.3, -0.25) is 10.1 Å². The average Bonchev–Trinajstić information content (AvgIpc) is 2.87. The van der Waals surface area contributed by atoms with Crippen molar-refractivity contribution in [2.24, 2.45) is 11.8 Å². The van der Waals surface area contributed by atoms with Crippen LogP contribution < -0.4 is 5.32 Å². The lowest BCUT2D eigenvalue weighted by atomic mass is 10.3. The van der Waals surface area contributed by atoms with Crippen LogP contribution in [0.4, 0.5) is 5.95 Å². The highest BCUT2D eigenvalue weighted by Gasteiger charge is 2.39. The number of benzene rings is 1. The van der Waals surface area contributed by atoms with Gasteiger partial charge in [-0.05, 0) is 24.5 Å². The number of fused-ring (bicyclic) bond motifs is 1. The summed E-state index contributed by atoms with van der Waals surface area (Å²) in [5, 5.41) is 2.82. The summed E-state index contributed by atoms with van der Waals surface area (Å²) in [6.07, 6.45) is 0.992. The van der Waals surface area contributed by atoms with Crippen LogP contribution in [0.25, 0.3) is 11.0 Å².